The summed E-state index contributed by atoms with van der Waals surface area (Å²) in [6.45, 7) is 6.64. The molecule has 2 aromatic rings. The van der Waals surface area contributed by atoms with Gasteiger partial charge in [0.1, 0.15) is 0 Å². The van der Waals surface area contributed by atoms with Crippen molar-refractivity contribution in [2.45, 2.75) is 45.8 Å². The summed E-state index contributed by atoms with van der Waals surface area (Å²) in [6, 6.07) is 7.92. The van der Waals surface area contributed by atoms with E-state index in [9.17, 15) is 5.11 Å². The van der Waals surface area contributed by atoms with E-state index in [-0.39, 0.29) is 0 Å². The molecule has 0 saturated heterocycles. The van der Waals surface area contributed by atoms with Crippen molar-refractivity contribution in [3.8, 4) is 0 Å². The van der Waals surface area contributed by atoms with Crippen LogP contribution in [-0.2, 0) is 25.0 Å². The van der Waals surface area contributed by atoms with Gasteiger partial charge in [-0.15, -0.1) is 0 Å². The Morgan fingerprint density at radius 1 is 1.29 bits per heavy atom. The van der Waals surface area contributed by atoms with Gasteiger partial charge in [-0.3, -0.25) is 4.68 Å². The molecule has 0 fully saturated rings. The van der Waals surface area contributed by atoms with Gasteiger partial charge in [0.2, 0.25) is 0 Å². The number of halogens is 2. The molecule has 1 aromatic heterocycles. The Morgan fingerprint density at radius 2 is 1.90 bits per heavy atom. The van der Waals surface area contributed by atoms with Gasteiger partial charge in [-0.05, 0) is 60.6 Å². The van der Waals surface area contributed by atoms with Gasteiger partial charge in [-0.25, -0.2) is 0 Å². The summed E-state index contributed by atoms with van der Waals surface area (Å²) in [5.41, 5.74) is 1.72. The SMILES string of the molecule is CCc1nn(CC)c(CC(C)(O)c2ccc(I)cc2)c1Cl. The third kappa shape index (κ3) is 3.60. The zero-order chi connectivity index (χ0) is 15.6. The number of nitrogens with zero attached hydrogens (tertiary/aromatic N) is 2. The summed E-state index contributed by atoms with van der Waals surface area (Å²) in [4.78, 5) is 0. The third-order valence-electron chi connectivity index (χ3n) is 3.67. The lowest BCUT2D eigenvalue weighted by atomic mass is 9.91. The Balaban J connectivity index is 2.36. The molecule has 0 bridgehead atoms. The molecule has 5 heteroatoms. The normalized spacial score (nSPS) is 14.2. The second-order valence-electron chi connectivity index (χ2n) is 5.33. The number of aromatic nitrogens is 2. The van der Waals surface area contributed by atoms with E-state index in [1.807, 2.05) is 49.7 Å². The van der Waals surface area contributed by atoms with E-state index < -0.39 is 5.60 Å². The number of aliphatic hydroxyl groups is 1. The minimum absolute atomic E-state index is 0.452. The van der Waals surface area contributed by atoms with Crippen LogP contribution in [-0.4, -0.2) is 14.9 Å². The quantitative estimate of drug-likeness (QED) is 0.740. The fraction of sp³-hybridized carbons (Fsp3) is 0.438. The summed E-state index contributed by atoms with van der Waals surface area (Å²) in [6.07, 6.45) is 1.25. The van der Waals surface area contributed by atoms with Crippen molar-refractivity contribution >= 4 is 34.2 Å². The summed E-state index contributed by atoms with van der Waals surface area (Å²) in [5.74, 6) is 0. The van der Waals surface area contributed by atoms with Gasteiger partial charge >= 0.3 is 0 Å². The van der Waals surface area contributed by atoms with E-state index in [1.165, 1.54) is 0 Å². The Bertz CT molecular complexity index is 620. The van der Waals surface area contributed by atoms with Crippen LogP contribution < -0.4 is 0 Å². The van der Waals surface area contributed by atoms with Gasteiger partial charge in [-0.1, -0.05) is 30.7 Å². The molecular formula is C16H20ClIN2O. The first-order chi connectivity index (χ1) is 9.89. The lowest BCUT2D eigenvalue weighted by molar-refractivity contribution is 0.0554. The van der Waals surface area contributed by atoms with Crippen LogP contribution in [0.4, 0.5) is 0 Å². The number of benzene rings is 1. The first kappa shape index (κ1) is 16.8. The fourth-order valence-electron chi connectivity index (χ4n) is 2.42. The molecule has 0 saturated carbocycles. The maximum atomic E-state index is 10.9. The molecule has 1 heterocycles. The highest BCUT2D eigenvalue weighted by molar-refractivity contribution is 14.1. The van der Waals surface area contributed by atoms with Crippen molar-refractivity contribution in [3.05, 3.63) is 49.8 Å². The van der Waals surface area contributed by atoms with Crippen molar-refractivity contribution in [2.75, 3.05) is 0 Å². The Hall–Kier alpha value is -0.590. The molecule has 1 N–H and O–H groups in total. The van der Waals surface area contributed by atoms with Gasteiger partial charge in [0.25, 0.3) is 0 Å². The molecular weight excluding hydrogens is 399 g/mol. The van der Waals surface area contributed by atoms with E-state index in [4.69, 9.17) is 11.6 Å². The summed E-state index contributed by atoms with van der Waals surface area (Å²) < 4.78 is 3.04. The van der Waals surface area contributed by atoms with Crippen molar-refractivity contribution in [3.63, 3.8) is 0 Å². The second-order valence-corrected chi connectivity index (χ2v) is 6.96. The highest BCUT2D eigenvalue weighted by atomic mass is 127. The third-order valence-corrected chi connectivity index (χ3v) is 4.83. The van der Waals surface area contributed by atoms with Crippen LogP contribution in [0.5, 0.6) is 0 Å². The molecule has 1 atom stereocenters. The molecule has 0 radical (unpaired) electrons. The molecule has 1 unspecified atom stereocenters. The van der Waals surface area contributed by atoms with Crippen LogP contribution in [0.25, 0.3) is 0 Å². The lowest BCUT2D eigenvalue weighted by Crippen LogP contribution is -2.26. The molecule has 0 aliphatic heterocycles. The van der Waals surface area contributed by atoms with Crippen LogP contribution in [0.2, 0.25) is 5.02 Å². The average molecular weight is 419 g/mol. The van der Waals surface area contributed by atoms with Crippen molar-refractivity contribution in [1.82, 2.24) is 9.78 Å². The summed E-state index contributed by atoms with van der Waals surface area (Å²) in [5, 5.41) is 16.1. The van der Waals surface area contributed by atoms with Gasteiger partial charge in [0.05, 0.1) is 22.0 Å². The monoisotopic (exact) mass is 418 g/mol. The maximum absolute atomic E-state index is 10.9. The smallest absolute Gasteiger partial charge is 0.0924 e. The number of aryl methyl sites for hydroxylation is 2. The Kier molecular flexibility index (Phi) is 5.33. The molecule has 2 rings (SSSR count). The van der Waals surface area contributed by atoms with Gasteiger partial charge < -0.3 is 5.11 Å². The fourth-order valence-corrected chi connectivity index (χ4v) is 3.12. The molecule has 1 aromatic carbocycles. The van der Waals surface area contributed by atoms with Crippen molar-refractivity contribution < 1.29 is 5.11 Å². The molecule has 21 heavy (non-hydrogen) atoms. The van der Waals surface area contributed by atoms with E-state index in [1.54, 1.807) is 0 Å². The van der Waals surface area contributed by atoms with E-state index in [2.05, 4.69) is 27.7 Å². The molecule has 0 aliphatic rings. The minimum Gasteiger partial charge on any atom is -0.385 e. The zero-order valence-electron chi connectivity index (χ0n) is 12.5. The standard InChI is InChI=1S/C16H20ClIN2O/c1-4-13-15(17)14(20(5-2)19-13)10-16(3,21)11-6-8-12(18)9-7-11/h6-9,21H,4-5,10H2,1-3H3. The number of hydrogen-bond donors (Lipinski definition) is 1. The van der Waals surface area contributed by atoms with Gasteiger partial charge in [0.15, 0.2) is 0 Å². The summed E-state index contributed by atoms with van der Waals surface area (Å²) in [7, 11) is 0. The minimum atomic E-state index is -0.966. The largest absolute Gasteiger partial charge is 0.385 e. The molecule has 0 aliphatic carbocycles. The van der Waals surface area contributed by atoms with Crippen LogP contribution in [0.3, 0.4) is 0 Å². The van der Waals surface area contributed by atoms with Gasteiger partial charge in [-0.2, -0.15) is 5.10 Å². The number of rotatable bonds is 5. The second kappa shape index (κ2) is 6.67. The molecule has 0 amide bonds. The summed E-state index contributed by atoms with van der Waals surface area (Å²) >= 11 is 8.69. The van der Waals surface area contributed by atoms with Crippen molar-refractivity contribution in [1.29, 1.82) is 0 Å². The zero-order valence-corrected chi connectivity index (χ0v) is 15.4. The maximum Gasteiger partial charge on any atom is 0.0924 e. The topological polar surface area (TPSA) is 38.0 Å². The predicted octanol–water partition coefficient (Wildman–Crippen LogP) is 4.17. The molecule has 114 valence electrons. The Morgan fingerprint density at radius 3 is 2.43 bits per heavy atom. The predicted molar refractivity (Wildman–Crippen MR) is 94.7 cm³/mol. The van der Waals surface area contributed by atoms with Crippen LogP contribution in [0, 0.1) is 3.57 Å². The Labute approximate surface area is 144 Å². The van der Waals surface area contributed by atoms with Crippen molar-refractivity contribution in [2.24, 2.45) is 0 Å². The van der Waals surface area contributed by atoms with Crippen LogP contribution in [0.1, 0.15) is 37.7 Å². The number of hydrogen-bond acceptors (Lipinski definition) is 2. The highest BCUT2D eigenvalue weighted by Gasteiger charge is 2.28. The first-order valence-electron chi connectivity index (χ1n) is 7.11. The lowest BCUT2D eigenvalue weighted by Gasteiger charge is -2.24. The van der Waals surface area contributed by atoms with Crippen LogP contribution >= 0.6 is 34.2 Å². The van der Waals surface area contributed by atoms with Gasteiger partial charge in [0, 0.05) is 16.5 Å². The van der Waals surface area contributed by atoms with E-state index in [0.717, 1.165) is 33.5 Å². The van der Waals surface area contributed by atoms with Crippen LogP contribution in [0.15, 0.2) is 24.3 Å². The van der Waals surface area contributed by atoms with E-state index in [0.29, 0.717) is 11.4 Å². The highest BCUT2D eigenvalue weighted by Crippen LogP contribution is 2.31. The molecule has 0 spiro atoms. The first-order valence-corrected chi connectivity index (χ1v) is 8.57. The molecule has 3 nitrogen and oxygen atoms in total. The van der Waals surface area contributed by atoms with E-state index >= 15 is 0 Å². The average Bonchev–Trinajstić information content (AvgIpc) is 2.75.